The second-order valence-corrected chi connectivity index (χ2v) is 8.67. The quantitative estimate of drug-likeness (QED) is 0.313. The number of aliphatic hydroxyl groups excluding tert-OH is 1. The molecule has 0 aliphatic carbocycles. The molecular weight excluding hydrogens is 448 g/mol. The lowest BCUT2D eigenvalue weighted by Crippen LogP contribution is -2.32. The molecule has 1 aliphatic rings. The minimum Gasteiger partial charge on any atom is -0.507 e. The van der Waals surface area contributed by atoms with E-state index in [0.717, 1.165) is 12.1 Å². The fraction of sp³-hybridized carbons (Fsp3) is 0.407. The molecule has 8 nitrogen and oxygen atoms in total. The van der Waals surface area contributed by atoms with Gasteiger partial charge in [-0.15, -0.1) is 0 Å². The van der Waals surface area contributed by atoms with Gasteiger partial charge in [0.2, 0.25) is 0 Å². The first kappa shape index (κ1) is 26.1. The van der Waals surface area contributed by atoms with Gasteiger partial charge in [-0.05, 0) is 82.4 Å². The number of likely N-dealkylation sites (tertiary alicyclic amines) is 1. The Kier molecular flexibility index (Phi) is 8.40. The number of hydrogen-bond donors (Lipinski definition) is 1. The van der Waals surface area contributed by atoms with Crippen molar-refractivity contribution >= 4 is 17.4 Å². The monoisotopic (exact) mass is 482 g/mol. The van der Waals surface area contributed by atoms with Gasteiger partial charge in [-0.25, -0.2) is 0 Å². The van der Waals surface area contributed by atoms with Crippen LogP contribution in [0.1, 0.15) is 36.1 Å². The van der Waals surface area contributed by atoms with Crippen LogP contribution in [0.2, 0.25) is 0 Å². The normalized spacial score (nSPS) is 17.2. The van der Waals surface area contributed by atoms with E-state index in [-0.39, 0.29) is 11.3 Å². The highest BCUT2D eigenvalue weighted by Crippen LogP contribution is 2.42. The zero-order valence-electron chi connectivity index (χ0n) is 21.3. The molecule has 35 heavy (non-hydrogen) atoms. The summed E-state index contributed by atoms with van der Waals surface area (Å²) in [6.45, 7) is 5.35. The number of aliphatic hydroxyl groups is 1. The number of benzene rings is 2. The van der Waals surface area contributed by atoms with Gasteiger partial charge in [0.05, 0.1) is 32.4 Å². The van der Waals surface area contributed by atoms with Gasteiger partial charge < -0.3 is 29.1 Å². The average molecular weight is 483 g/mol. The molecule has 1 amide bonds. The Hall–Kier alpha value is -3.52. The molecule has 188 valence electrons. The predicted octanol–water partition coefficient (Wildman–Crippen LogP) is 3.78. The summed E-state index contributed by atoms with van der Waals surface area (Å²) >= 11 is 0. The summed E-state index contributed by atoms with van der Waals surface area (Å²) in [5.41, 5.74) is 1.92. The smallest absolute Gasteiger partial charge is 0.295 e. The van der Waals surface area contributed by atoms with Gasteiger partial charge in [0, 0.05) is 12.1 Å². The Morgan fingerprint density at radius 3 is 2.37 bits per heavy atom. The number of nitrogens with zero attached hydrogens (tertiary/aromatic N) is 2. The molecule has 0 saturated carbocycles. The maximum Gasteiger partial charge on any atom is 0.295 e. The molecule has 1 aliphatic heterocycles. The molecule has 2 aromatic carbocycles. The van der Waals surface area contributed by atoms with E-state index < -0.39 is 17.7 Å². The summed E-state index contributed by atoms with van der Waals surface area (Å²) in [5, 5.41) is 11.4. The number of ketones is 1. The Morgan fingerprint density at radius 1 is 1.06 bits per heavy atom. The van der Waals surface area contributed by atoms with Gasteiger partial charge in [0.15, 0.2) is 11.5 Å². The van der Waals surface area contributed by atoms with E-state index >= 15 is 0 Å². The van der Waals surface area contributed by atoms with Crippen LogP contribution >= 0.6 is 0 Å². The van der Waals surface area contributed by atoms with Crippen molar-refractivity contribution in [1.82, 2.24) is 9.80 Å². The molecule has 2 aromatic rings. The third kappa shape index (κ3) is 5.43. The molecule has 1 unspecified atom stereocenters. The van der Waals surface area contributed by atoms with Crippen molar-refractivity contribution in [3.05, 3.63) is 58.7 Å². The van der Waals surface area contributed by atoms with Crippen LogP contribution in [0.4, 0.5) is 0 Å². The second-order valence-electron chi connectivity index (χ2n) is 8.67. The zero-order valence-corrected chi connectivity index (χ0v) is 21.3. The van der Waals surface area contributed by atoms with Crippen molar-refractivity contribution in [2.45, 2.75) is 26.3 Å². The summed E-state index contributed by atoms with van der Waals surface area (Å²) in [6.07, 6.45) is 0.673. The maximum absolute atomic E-state index is 13.3. The van der Waals surface area contributed by atoms with Crippen LogP contribution in [-0.4, -0.2) is 74.6 Å². The summed E-state index contributed by atoms with van der Waals surface area (Å²) < 4.78 is 16.4. The van der Waals surface area contributed by atoms with Gasteiger partial charge in [0.25, 0.3) is 11.7 Å². The summed E-state index contributed by atoms with van der Waals surface area (Å²) in [5.74, 6) is 0.124. The zero-order chi connectivity index (χ0) is 25.7. The van der Waals surface area contributed by atoms with E-state index in [9.17, 15) is 14.7 Å². The molecule has 0 bridgehead atoms. The molecule has 1 fully saturated rings. The van der Waals surface area contributed by atoms with Crippen LogP contribution in [0.25, 0.3) is 5.76 Å². The van der Waals surface area contributed by atoms with Crippen LogP contribution in [0, 0.1) is 6.92 Å². The van der Waals surface area contributed by atoms with Crippen molar-refractivity contribution in [2.24, 2.45) is 0 Å². The fourth-order valence-corrected chi connectivity index (χ4v) is 4.34. The van der Waals surface area contributed by atoms with Crippen LogP contribution < -0.4 is 14.2 Å². The van der Waals surface area contributed by atoms with Crippen molar-refractivity contribution in [1.29, 1.82) is 0 Å². The number of methoxy groups -OCH3 is 2. The van der Waals surface area contributed by atoms with Crippen LogP contribution in [-0.2, 0) is 9.59 Å². The molecule has 3 rings (SSSR count). The van der Waals surface area contributed by atoms with Crippen molar-refractivity contribution in [3.8, 4) is 17.2 Å². The molecule has 1 saturated heterocycles. The lowest BCUT2D eigenvalue weighted by molar-refractivity contribution is -0.139. The van der Waals surface area contributed by atoms with Gasteiger partial charge >= 0.3 is 0 Å². The molecule has 8 heteroatoms. The molecule has 1 N–H and O–H groups in total. The maximum atomic E-state index is 13.3. The third-order valence-electron chi connectivity index (χ3n) is 6.03. The highest BCUT2D eigenvalue weighted by Gasteiger charge is 2.46. The summed E-state index contributed by atoms with van der Waals surface area (Å²) in [4.78, 5) is 30.0. The van der Waals surface area contributed by atoms with Crippen molar-refractivity contribution in [2.75, 3.05) is 48.0 Å². The average Bonchev–Trinajstić information content (AvgIpc) is 3.08. The molecule has 1 atom stereocenters. The number of Topliss-reactive ketones (excluding diaryl/α,β-unsaturated/α-hetero) is 1. The predicted molar refractivity (Wildman–Crippen MR) is 134 cm³/mol. The largest absolute Gasteiger partial charge is 0.507 e. The van der Waals surface area contributed by atoms with Crippen LogP contribution in [0.15, 0.2) is 42.0 Å². The highest BCUT2D eigenvalue weighted by molar-refractivity contribution is 6.46. The van der Waals surface area contributed by atoms with Crippen LogP contribution in [0.3, 0.4) is 0 Å². The molecule has 0 spiro atoms. The number of ether oxygens (including phenoxy) is 3. The molecule has 0 aromatic heterocycles. The van der Waals surface area contributed by atoms with Gasteiger partial charge in [-0.3, -0.25) is 9.59 Å². The van der Waals surface area contributed by atoms with Gasteiger partial charge in [-0.2, -0.15) is 0 Å². The molecule has 1 heterocycles. The first-order chi connectivity index (χ1) is 16.7. The summed E-state index contributed by atoms with van der Waals surface area (Å²) in [7, 11) is 6.97. The van der Waals surface area contributed by atoms with E-state index in [0.29, 0.717) is 47.9 Å². The molecular formula is C27H34N2O6. The van der Waals surface area contributed by atoms with E-state index in [1.807, 2.05) is 32.8 Å². The fourth-order valence-electron chi connectivity index (χ4n) is 4.34. The number of amides is 1. The Balaban J connectivity index is 2.15. The lowest BCUT2D eigenvalue weighted by Gasteiger charge is -2.26. The standard InChI is InChI=1S/C27H34N2O6/c1-7-35-19-10-11-20(17(2)15-19)25(30)23-24(18-9-12-21(33-5)22(16-18)34-6)29(27(32)26(23)31)14-8-13-28(3)4/h9-12,15-16,24,30H,7-8,13-14H2,1-6H3. The highest BCUT2D eigenvalue weighted by atomic mass is 16.5. The Labute approximate surface area is 206 Å². The van der Waals surface area contributed by atoms with E-state index in [1.54, 1.807) is 43.5 Å². The second kappa shape index (κ2) is 11.3. The Bertz CT molecular complexity index is 1120. The summed E-state index contributed by atoms with van der Waals surface area (Å²) in [6, 6.07) is 9.75. The number of aryl methyl sites for hydroxylation is 1. The van der Waals surface area contributed by atoms with Gasteiger partial charge in [0.1, 0.15) is 11.5 Å². The SMILES string of the molecule is CCOc1ccc(C(O)=C2C(=O)C(=O)N(CCCN(C)C)C2c2ccc(OC)c(OC)c2)c(C)c1. The van der Waals surface area contributed by atoms with E-state index in [2.05, 4.69) is 0 Å². The third-order valence-corrected chi connectivity index (χ3v) is 6.03. The first-order valence-electron chi connectivity index (χ1n) is 11.6. The van der Waals surface area contributed by atoms with E-state index in [4.69, 9.17) is 14.2 Å². The number of hydrogen-bond acceptors (Lipinski definition) is 7. The molecule has 0 radical (unpaired) electrons. The van der Waals surface area contributed by atoms with E-state index in [1.165, 1.54) is 12.0 Å². The van der Waals surface area contributed by atoms with Crippen molar-refractivity contribution in [3.63, 3.8) is 0 Å². The van der Waals surface area contributed by atoms with Crippen molar-refractivity contribution < 1.29 is 28.9 Å². The number of carbonyl (C=O) groups excluding carboxylic acids is 2. The van der Waals surface area contributed by atoms with Crippen LogP contribution in [0.5, 0.6) is 17.2 Å². The number of rotatable bonds is 10. The minimum absolute atomic E-state index is 0.0549. The topological polar surface area (TPSA) is 88.5 Å². The van der Waals surface area contributed by atoms with Gasteiger partial charge in [-0.1, -0.05) is 6.07 Å². The Morgan fingerprint density at radius 2 is 1.77 bits per heavy atom. The first-order valence-corrected chi connectivity index (χ1v) is 11.6. The minimum atomic E-state index is -0.761. The lowest BCUT2D eigenvalue weighted by atomic mass is 9.93. The number of carbonyl (C=O) groups is 2.